The van der Waals surface area contributed by atoms with Crippen LogP contribution >= 0.6 is 11.6 Å². The first kappa shape index (κ1) is 12.0. The van der Waals surface area contributed by atoms with Crippen LogP contribution in [0.15, 0.2) is 12.1 Å². The minimum absolute atomic E-state index is 0.435. The summed E-state index contributed by atoms with van der Waals surface area (Å²) in [6.45, 7) is 6.21. The maximum absolute atomic E-state index is 6.25. The third-order valence-electron chi connectivity index (χ3n) is 2.97. The van der Waals surface area contributed by atoms with Gasteiger partial charge in [-0.25, -0.2) is 4.98 Å². The number of hydrogen-bond acceptors (Lipinski definition) is 2. The summed E-state index contributed by atoms with van der Waals surface area (Å²) < 4.78 is 1.69. The van der Waals surface area contributed by atoms with Gasteiger partial charge in [0.25, 0.3) is 0 Å². The van der Waals surface area contributed by atoms with E-state index in [0.717, 1.165) is 11.3 Å². The highest BCUT2D eigenvalue weighted by atomic mass is 35.5. The Bertz CT molecular complexity index is 562. The number of rotatable bonds is 1. The third kappa shape index (κ3) is 1.91. The summed E-state index contributed by atoms with van der Waals surface area (Å²) in [6, 6.07) is 4.26. The Morgan fingerprint density at radius 1 is 1.18 bits per heavy atom. The monoisotopic (exact) mass is 249 g/mol. The quantitative estimate of drug-likeness (QED) is 0.843. The van der Waals surface area contributed by atoms with E-state index in [1.54, 1.807) is 4.57 Å². The number of anilines is 1. The molecule has 0 fully saturated rings. The normalized spacial score (nSPS) is 10.9. The Labute approximate surface area is 106 Å². The van der Waals surface area contributed by atoms with Crippen LogP contribution in [0.2, 0.25) is 5.15 Å². The Balaban J connectivity index is 2.73. The van der Waals surface area contributed by atoms with Gasteiger partial charge in [0, 0.05) is 12.6 Å². The van der Waals surface area contributed by atoms with Gasteiger partial charge in [-0.15, -0.1) is 0 Å². The molecule has 0 spiro atoms. The van der Waals surface area contributed by atoms with E-state index in [2.05, 4.69) is 37.9 Å². The molecular formula is C13H16ClN3. The molecule has 1 aromatic heterocycles. The van der Waals surface area contributed by atoms with Gasteiger partial charge in [0.05, 0.1) is 0 Å². The summed E-state index contributed by atoms with van der Waals surface area (Å²) in [4.78, 5) is 4.34. The number of aromatic nitrogens is 2. The second-order valence-electron chi connectivity index (χ2n) is 4.44. The van der Waals surface area contributed by atoms with Gasteiger partial charge in [-0.2, -0.15) is 0 Å². The van der Waals surface area contributed by atoms with Crippen molar-refractivity contribution >= 4 is 17.5 Å². The van der Waals surface area contributed by atoms with Gasteiger partial charge >= 0.3 is 0 Å². The number of imidazole rings is 1. The van der Waals surface area contributed by atoms with Crippen molar-refractivity contribution in [1.82, 2.24) is 9.55 Å². The van der Waals surface area contributed by atoms with Crippen molar-refractivity contribution in [3.63, 3.8) is 0 Å². The Morgan fingerprint density at radius 3 is 2.12 bits per heavy atom. The average Bonchev–Trinajstić information content (AvgIpc) is 2.45. The fourth-order valence-electron chi connectivity index (χ4n) is 2.21. The molecule has 0 radical (unpaired) electrons. The highest BCUT2D eigenvalue weighted by Crippen LogP contribution is 2.33. The van der Waals surface area contributed by atoms with Crippen molar-refractivity contribution in [2.75, 3.05) is 5.73 Å². The summed E-state index contributed by atoms with van der Waals surface area (Å²) >= 11 is 6.25. The SMILES string of the molecule is Cc1cc(C)c(-c2nc(N)n(C)c2Cl)c(C)c1. The molecule has 0 aliphatic rings. The van der Waals surface area contributed by atoms with Crippen LogP contribution in [-0.4, -0.2) is 9.55 Å². The van der Waals surface area contributed by atoms with E-state index in [9.17, 15) is 0 Å². The van der Waals surface area contributed by atoms with E-state index in [1.807, 2.05) is 7.05 Å². The topological polar surface area (TPSA) is 43.8 Å². The molecule has 2 rings (SSSR count). The molecule has 0 amide bonds. The second kappa shape index (κ2) is 4.08. The lowest BCUT2D eigenvalue weighted by Gasteiger charge is -2.09. The van der Waals surface area contributed by atoms with Crippen molar-refractivity contribution < 1.29 is 0 Å². The zero-order valence-electron chi connectivity index (χ0n) is 10.5. The highest BCUT2D eigenvalue weighted by Gasteiger charge is 2.16. The third-order valence-corrected chi connectivity index (χ3v) is 3.41. The van der Waals surface area contributed by atoms with Crippen molar-refractivity contribution in [2.45, 2.75) is 20.8 Å². The van der Waals surface area contributed by atoms with Crippen LogP contribution < -0.4 is 5.73 Å². The molecule has 3 nitrogen and oxygen atoms in total. The predicted molar refractivity (Wildman–Crippen MR) is 72.3 cm³/mol. The highest BCUT2D eigenvalue weighted by molar-refractivity contribution is 6.32. The number of benzene rings is 1. The number of nitrogens with zero attached hydrogens (tertiary/aromatic N) is 2. The molecular weight excluding hydrogens is 234 g/mol. The van der Waals surface area contributed by atoms with Crippen LogP contribution in [0.25, 0.3) is 11.3 Å². The summed E-state index contributed by atoms with van der Waals surface area (Å²) in [5.74, 6) is 0.435. The number of nitrogen functional groups attached to an aromatic ring is 1. The average molecular weight is 250 g/mol. The lowest BCUT2D eigenvalue weighted by Crippen LogP contribution is -1.96. The number of aryl methyl sites for hydroxylation is 3. The van der Waals surface area contributed by atoms with Crippen molar-refractivity contribution in [1.29, 1.82) is 0 Å². The van der Waals surface area contributed by atoms with Crippen molar-refractivity contribution in [2.24, 2.45) is 7.05 Å². The lowest BCUT2D eigenvalue weighted by atomic mass is 9.98. The molecule has 0 aliphatic heterocycles. The maximum atomic E-state index is 6.25. The smallest absolute Gasteiger partial charge is 0.201 e. The molecule has 0 bridgehead atoms. The first-order chi connectivity index (χ1) is 7.91. The van der Waals surface area contributed by atoms with Crippen LogP contribution in [0.3, 0.4) is 0 Å². The van der Waals surface area contributed by atoms with Gasteiger partial charge in [-0.3, -0.25) is 0 Å². The first-order valence-corrected chi connectivity index (χ1v) is 5.85. The largest absolute Gasteiger partial charge is 0.369 e. The van der Waals surface area contributed by atoms with E-state index >= 15 is 0 Å². The fraction of sp³-hybridized carbons (Fsp3) is 0.308. The lowest BCUT2D eigenvalue weighted by molar-refractivity contribution is 0.931. The van der Waals surface area contributed by atoms with Crippen molar-refractivity contribution in [3.8, 4) is 11.3 Å². The van der Waals surface area contributed by atoms with E-state index in [4.69, 9.17) is 17.3 Å². The van der Waals surface area contributed by atoms with E-state index in [-0.39, 0.29) is 0 Å². The Hall–Kier alpha value is -1.48. The number of halogens is 1. The molecule has 1 heterocycles. The fourth-order valence-corrected chi connectivity index (χ4v) is 2.43. The molecule has 4 heteroatoms. The van der Waals surface area contributed by atoms with E-state index in [0.29, 0.717) is 11.1 Å². The van der Waals surface area contributed by atoms with Gasteiger partial charge in [-0.1, -0.05) is 29.3 Å². The van der Waals surface area contributed by atoms with Gasteiger partial charge in [0.15, 0.2) is 0 Å². The Kier molecular flexibility index (Phi) is 2.87. The van der Waals surface area contributed by atoms with E-state index < -0.39 is 0 Å². The summed E-state index contributed by atoms with van der Waals surface area (Å²) in [5.41, 5.74) is 11.2. The van der Waals surface area contributed by atoms with Crippen LogP contribution in [-0.2, 0) is 7.05 Å². The zero-order chi connectivity index (χ0) is 12.7. The molecule has 90 valence electrons. The standard InChI is InChI=1S/C13H16ClN3/c1-7-5-8(2)10(9(3)6-7)11-12(14)17(4)13(15)16-11/h5-6H,1-4H3,(H2,15,16). The van der Waals surface area contributed by atoms with Gasteiger partial charge in [-0.05, 0) is 31.9 Å². The zero-order valence-corrected chi connectivity index (χ0v) is 11.3. The Morgan fingerprint density at radius 2 is 1.71 bits per heavy atom. The molecule has 0 atom stereocenters. The minimum Gasteiger partial charge on any atom is -0.369 e. The molecule has 17 heavy (non-hydrogen) atoms. The van der Waals surface area contributed by atoms with Crippen molar-refractivity contribution in [3.05, 3.63) is 34.0 Å². The number of nitrogens with two attached hydrogens (primary N) is 1. The molecule has 0 aliphatic carbocycles. The number of hydrogen-bond donors (Lipinski definition) is 1. The molecule has 2 N–H and O–H groups in total. The van der Waals surface area contributed by atoms with Crippen LogP contribution in [0, 0.1) is 20.8 Å². The van der Waals surface area contributed by atoms with Gasteiger partial charge in [0.2, 0.25) is 5.95 Å². The van der Waals surface area contributed by atoms with Gasteiger partial charge < -0.3 is 10.3 Å². The van der Waals surface area contributed by atoms with Gasteiger partial charge in [0.1, 0.15) is 10.8 Å². The molecule has 1 aromatic carbocycles. The van der Waals surface area contributed by atoms with Crippen LogP contribution in [0.1, 0.15) is 16.7 Å². The van der Waals surface area contributed by atoms with Crippen LogP contribution in [0.4, 0.5) is 5.95 Å². The molecule has 0 saturated carbocycles. The van der Waals surface area contributed by atoms with Crippen LogP contribution in [0.5, 0.6) is 0 Å². The maximum Gasteiger partial charge on any atom is 0.201 e. The molecule has 0 unspecified atom stereocenters. The molecule has 2 aromatic rings. The second-order valence-corrected chi connectivity index (χ2v) is 4.80. The molecule has 0 saturated heterocycles. The summed E-state index contributed by atoms with van der Waals surface area (Å²) in [6.07, 6.45) is 0. The summed E-state index contributed by atoms with van der Waals surface area (Å²) in [5, 5.41) is 0.581. The predicted octanol–water partition coefficient (Wildman–Crippen LogP) is 3.25. The minimum atomic E-state index is 0.435. The first-order valence-electron chi connectivity index (χ1n) is 5.47. The summed E-state index contributed by atoms with van der Waals surface area (Å²) in [7, 11) is 1.81. The van der Waals surface area contributed by atoms with E-state index in [1.165, 1.54) is 16.7 Å².